The molecule has 0 saturated heterocycles. The van der Waals surface area contributed by atoms with Crippen molar-refractivity contribution < 1.29 is 9.53 Å². The van der Waals surface area contributed by atoms with Crippen LogP contribution in [0.15, 0.2) is 66.9 Å². The van der Waals surface area contributed by atoms with Crippen LogP contribution in [-0.4, -0.2) is 11.3 Å². The molecule has 0 radical (unpaired) electrons. The number of carbonyl (C=O) groups is 1. The predicted molar refractivity (Wildman–Crippen MR) is 90.6 cm³/mol. The lowest BCUT2D eigenvalue weighted by molar-refractivity contribution is 0.112. The monoisotopic (exact) mass is 303 g/mol. The maximum atomic E-state index is 10.6. The highest BCUT2D eigenvalue weighted by molar-refractivity contribution is 5.74. The van der Waals surface area contributed by atoms with Crippen molar-refractivity contribution in [2.75, 3.05) is 0 Å². The number of rotatable bonds is 5. The molecule has 0 saturated carbocycles. The fourth-order valence-corrected chi connectivity index (χ4v) is 2.43. The summed E-state index contributed by atoms with van der Waals surface area (Å²) in [7, 11) is 0. The fraction of sp³-hybridized carbons (Fsp3) is 0.100. The van der Waals surface area contributed by atoms with Gasteiger partial charge in [-0.3, -0.25) is 4.79 Å². The first-order valence-corrected chi connectivity index (χ1v) is 7.45. The first-order chi connectivity index (χ1) is 11.3. The van der Waals surface area contributed by atoms with Crippen LogP contribution in [0.2, 0.25) is 0 Å². The number of aryl methyl sites for hydroxylation is 1. The summed E-state index contributed by atoms with van der Waals surface area (Å²) in [6.45, 7) is 2.55. The molecular weight excluding hydrogens is 286 g/mol. The third kappa shape index (κ3) is 3.64. The van der Waals surface area contributed by atoms with Gasteiger partial charge in [-0.05, 0) is 41.3 Å². The van der Waals surface area contributed by atoms with Crippen LogP contribution >= 0.6 is 0 Å². The van der Waals surface area contributed by atoms with Gasteiger partial charge in [0.15, 0.2) is 6.29 Å². The number of aldehydes is 1. The van der Waals surface area contributed by atoms with E-state index in [4.69, 9.17) is 4.74 Å². The number of hydrogen-bond donors (Lipinski definition) is 0. The minimum atomic E-state index is 0.438. The molecule has 0 aliphatic heterocycles. The van der Waals surface area contributed by atoms with Gasteiger partial charge >= 0.3 is 0 Å². The number of benzene rings is 2. The summed E-state index contributed by atoms with van der Waals surface area (Å²) in [5, 5.41) is 0. The largest absolute Gasteiger partial charge is 0.473 e. The molecule has 1 aromatic heterocycles. The quantitative estimate of drug-likeness (QED) is 0.654. The summed E-state index contributed by atoms with van der Waals surface area (Å²) in [5.74, 6) is 0.511. The van der Waals surface area contributed by atoms with E-state index in [0.29, 0.717) is 18.1 Å². The smallest absolute Gasteiger partial charge is 0.213 e. The Morgan fingerprint density at radius 2 is 1.91 bits per heavy atom. The molecule has 3 heteroatoms. The highest BCUT2D eigenvalue weighted by Crippen LogP contribution is 2.24. The molecule has 0 atom stereocenters. The Morgan fingerprint density at radius 3 is 2.65 bits per heavy atom. The van der Waals surface area contributed by atoms with E-state index in [1.54, 1.807) is 12.1 Å². The summed E-state index contributed by atoms with van der Waals surface area (Å²) in [6.07, 6.45) is 2.27. The van der Waals surface area contributed by atoms with Crippen LogP contribution in [0.1, 0.15) is 21.5 Å². The van der Waals surface area contributed by atoms with Gasteiger partial charge in [-0.1, -0.05) is 42.5 Å². The zero-order chi connectivity index (χ0) is 16.1. The Bertz CT molecular complexity index is 810. The molecule has 3 nitrogen and oxygen atoms in total. The van der Waals surface area contributed by atoms with Gasteiger partial charge in [-0.25, -0.2) is 4.98 Å². The van der Waals surface area contributed by atoms with E-state index in [1.165, 1.54) is 22.9 Å². The van der Waals surface area contributed by atoms with Crippen LogP contribution in [0, 0.1) is 6.92 Å². The molecule has 3 aromatic rings. The Kier molecular flexibility index (Phi) is 4.48. The number of aromatic nitrogens is 1. The zero-order valence-electron chi connectivity index (χ0n) is 12.9. The minimum absolute atomic E-state index is 0.438. The standard InChI is InChI=1S/C20H17NO2/c1-15-5-2-3-8-19(15)18-7-4-6-16(11-18)14-23-20-10-9-17(13-22)12-21-20/h2-13H,14H2,1H3. The summed E-state index contributed by atoms with van der Waals surface area (Å²) in [5.41, 5.74) is 5.26. The van der Waals surface area contributed by atoms with E-state index in [-0.39, 0.29) is 0 Å². The Morgan fingerprint density at radius 1 is 1.04 bits per heavy atom. The van der Waals surface area contributed by atoms with Crippen LogP contribution in [0.4, 0.5) is 0 Å². The molecule has 0 spiro atoms. The van der Waals surface area contributed by atoms with Gasteiger partial charge in [0.25, 0.3) is 0 Å². The average Bonchev–Trinajstić information content (AvgIpc) is 2.61. The van der Waals surface area contributed by atoms with Gasteiger partial charge in [-0.2, -0.15) is 0 Å². The van der Waals surface area contributed by atoms with E-state index >= 15 is 0 Å². The Labute approximate surface area is 135 Å². The molecule has 0 N–H and O–H groups in total. The molecule has 0 bridgehead atoms. The Hall–Kier alpha value is -2.94. The van der Waals surface area contributed by atoms with Crippen molar-refractivity contribution in [2.45, 2.75) is 13.5 Å². The minimum Gasteiger partial charge on any atom is -0.473 e. The SMILES string of the molecule is Cc1ccccc1-c1cccc(COc2ccc(C=O)cn2)c1. The molecular formula is C20H17NO2. The number of hydrogen-bond acceptors (Lipinski definition) is 3. The summed E-state index contributed by atoms with van der Waals surface area (Å²) < 4.78 is 5.69. The second kappa shape index (κ2) is 6.88. The number of pyridine rings is 1. The predicted octanol–water partition coefficient (Wildman–Crippen LogP) is 4.45. The fourth-order valence-electron chi connectivity index (χ4n) is 2.43. The van der Waals surface area contributed by atoms with Crippen LogP contribution in [-0.2, 0) is 6.61 Å². The van der Waals surface area contributed by atoms with Crippen molar-refractivity contribution in [1.29, 1.82) is 0 Å². The van der Waals surface area contributed by atoms with Crippen LogP contribution in [0.5, 0.6) is 5.88 Å². The van der Waals surface area contributed by atoms with Gasteiger partial charge in [-0.15, -0.1) is 0 Å². The van der Waals surface area contributed by atoms with E-state index in [9.17, 15) is 4.79 Å². The van der Waals surface area contributed by atoms with Crippen LogP contribution < -0.4 is 4.74 Å². The number of carbonyl (C=O) groups excluding carboxylic acids is 1. The topological polar surface area (TPSA) is 39.2 Å². The van der Waals surface area contributed by atoms with Gasteiger partial charge in [0, 0.05) is 17.8 Å². The summed E-state index contributed by atoms with van der Waals surface area (Å²) in [6, 6.07) is 20.0. The molecule has 23 heavy (non-hydrogen) atoms. The van der Waals surface area contributed by atoms with Gasteiger partial charge in [0.1, 0.15) is 6.61 Å². The molecule has 0 amide bonds. The average molecular weight is 303 g/mol. The molecule has 2 aromatic carbocycles. The van der Waals surface area contributed by atoms with Crippen molar-refractivity contribution in [3.63, 3.8) is 0 Å². The molecule has 114 valence electrons. The maximum Gasteiger partial charge on any atom is 0.213 e. The van der Waals surface area contributed by atoms with Crippen molar-refractivity contribution in [3.05, 3.63) is 83.6 Å². The van der Waals surface area contributed by atoms with E-state index in [2.05, 4.69) is 36.2 Å². The van der Waals surface area contributed by atoms with Crippen molar-refractivity contribution >= 4 is 6.29 Å². The van der Waals surface area contributed by atoms with E-state index in [1.807, 2.05) is 24.3 Å². The van der Waals surface area contributed by atoms with Crippen LogP contribution in [0.25, 0.3) is 11.1 Å². The summed E-state index contributed by atoms with van der Waals surface area (Å²) >= 11 is 0. The van der Waals surface area contributed by atoms with Crippen molar-refractivity contribution in [2.24, 2.45) is 0 Å². The maximum absolute atomic E-state index is 10.6. The van der Waals surface area contributed by atoms with Crippen LogP contribution in [0.3, 0.4) is 0 Å². The highest BCUT2D eigenvalue weighted by Gasteiger charge is 2.03. The molecule has 0 aliphatic rings. The second-order valence-electron chi connectivity index (χ2n) is 5.35. The van der Waals surface area contributed by atoms with E-state index in [0.717, 1.165) is 11.8 Å². The third-order valence-corrected chi connectivity index (χ3v) is 3.67. The van der Waals surface area contributed by atoms with Gasteiger partial charge in [0.05, 0.1) is 0 Å². The molecule has 0 unspecified atom stereocenters. The lowest BCUT2D eigenvalue weighted by Crippen LogP contribution is -1.98. The number of ether oxygens (including phenoxy) is 1. The molecule has 3 rings (SSSR count). The third-order valence-electron chi connectivity index (χ3n) is 3.67. The first kappa shape index (κ1) is 15.0. The lowest BCUT2D eigenvalue weighted by atomic mass is 9.99. The zero-order valence-corrected chi connectivity index (χ0v) is 12.9. The second-order valence-corrected chi connectivity index (χ2v) is 5.35. The summed E-state index contributed by atoms with van der Waals surface area (Å²) in [4.78, 5) is 14.7. The Balaban J connectivity index is 1.75. The molecule has 0 fully saturated rings. The van der Waals surface area contributed by atoms with E-state index < -0.39 is 0 Å². The molecule has 0 aliphatic carbocycles. The number of nitrogens with zero attached hydrogens (tertiary/aromatic N) is 1. The van der Waals surface area contributed by atoms with Crippen molar-refractivity contribution in [3.8, 4) is 17.0 Å². The van der Waals surface area contributed by atoms with Gasteiger partial charge < -0.3 is 4.74 Å². The molecule has 1 heterocycles. The van der Waals surface area contributed by atoms with Gasteiger partial charge in [0.2, 0.25) is 5.88 Å². The normalized spacial score (nSPS) is 10.3. The first-order valence-electron chi connectivity index (χ1n) is 7.45. The lowest BCUT2D eigenvalue weighted by Gasteiger charge is -2.09. The van der Waals surface area contributed by atoms with Crippen molar-refractivity contribution in [1.82, 2.24) is 4.98 Å². The highest BCUT2D eigenvalue weighted by atomic mass is 16.5.